The summed E-state index contributed by atoms with van der Waals surface area (Å²) in [5.74, 6) is 0.761. The number of halogens is 3. The highest BCUT2D eigenvalue weighted by Crippen LogP contribution is 2.31. The Balaban J connectivity index is 0.00000220. The van der Waals surface area contributed by atoms with Gasteiger partial charge in [-0.1, -0.05) is 12.1 Å². The molecule has 1 atom stereocenters. The summed E-state index contributed by atoms with van der Waals surface area (Å²) in [6.45, 7) is 5.25. The number of methoxy groups -OCH3 is 1. The third-order valence-corrected chi connectivity index (χ3v) is 3.81. The van der Waals surface area contributed by atoms with Crippen LogP contribution in [0.1, 0.15) is 23.6 Å². The summed E-state index contributed by atoms with van der Waals surface area (Å²) in [4.78, 5) is 2.13. The number of piperazine rings is 1. The van der Waals surface area contributed by atoms with Gasteiger partial charge in [-0.05, 0) is 24.1 Å². The van der Waals surface area contributed by atoms with Crippen LogP contribution in [0.2, 0.25) is 0 Å². The molecule has 2 rings (SSSR count). The van der Waals surface area contributed by atoms with E-state index in [1.165, 1.54) is 0 Å². The third-order valence-electron chi connectivity index (χ3n) is 3.81. The van der Waals surface area contributed by atoms with Crippen molar-refractivity contribution in [2.24, 2.45) is 0 Å². The molecule has 1 aromatic rings. The molecule has 1 aliphatic heterocycles. The van der Waals surface area contributed by atoms with Crippen molar-refractivity contribution in [3.63, 3.8) is 0 Å². The van der Waals surface area contributed by atoms with E-state index in [0.29, 0.717) is 0 Å². The standard InChI is InChI=1S/C15H22F2N2O.ClH/c1-11-3-4-12(9-14(11)20-2)13(10-15(16)17)19-7-5-18-6-8-19;/h3-4,9,13,15,18H,5-8,10H2,1-2H3;1H/t13-;/m0./s1. The van der Waals surface area contributed by atoms with Crippen molar-refractivity contribution in [2.45, 2.75) is 25.8 Å². The summed E-state index contributed by atoms with van der Waals surface area (Å²) in [6.07, 6.45) is -2.44. The topological polar surface area (TPSA) is 24.5 Å². The second kappa shape index (κ2) is 8.51. The molecular weight excluding hydrogens is 298 g/mol. The molecular formula is C15H23ClF2N2O. The summed E-state index contributed by atoms with van der Waals surface area (Å²) in [5, 5.41) is 3.25. The fourth-order valence-electron chi connectivity index (χ4n) is 2.70. The van der Waals surface area contributed by atoms with Crippen molar-refractivity contribution in [1.29, 1.82) is 0 Å². The molecule has 1 saturated heterocycles. The van der Waals surface area contributed by atoms with Crippen molar-refractivity contribution in [1.82, 2.24) is 10.2 Å². The van der Waals surface area contributed by atoms with Gasteiger partial charge in [0.1, 0.15) is 5.75 Å². The zero-order valence-electron chi connectivity index (χ0n) is 12.4. The molecule has 0 unspecified atom stereocenters. The molecule has 0 aliphatic carbocycles. The molecule has 0 bridgehead atoms. The third kappa shape index (κ3) is 4.80. The fourth-order valence-corrected chi connectivity index (χ4v) is 2.70. The Morgan fingerprint density at radius 1 is 1.29 bits per heavy atom. The van der Waals surface area contributed by atoms with Gasteiger partial charge in [-0.25, -0.2) is 8.78 Å². The first-order valence-electron chi connectivity index (χ1n) is 6.99. The summed E-state index contributed by atoms with van der Waals surface area (Å²) in [6, 6.07) is 5.53. The van der Waals surface area contributed by atoms with Gasteiger partial charge in [0.15, 0.2) is 0 Å². The predicted octanol–water partition coefficient (Wildman–Crippen LogP) is 3.03. The first-order chi connectivity index (χ1) is 9.61. The van der Waals surface area contributed by atoms with Gasteiger partial charge in [-0.2, -0.15) is 0 Å². The molecule has 3 nitrogen and oxygen atoms in total. The minimum absolute atomic E-state index is 0. The van der Waals surface area contributed by atoms with Crippen molar-refractivity contribution < 1.29 is 13.5 Å². The maximum Gasteiger partial charge on any atom is 0.240 e. The normalized spacial score (nSPS) is 17.4. The van der Waals surface area contributed by atoms with E-state index < -0.39 is 6.43 Å². The van der Waals surface area contributed by atoms with Gasteiger partial charge in [-0.3, -0.25) is 4.90 Å². The summed E-state index contributed by atoms with van der Waals surface area (Å²) in [7, 11) is 1.61. The van der Waals surface area contributed by atoms with Gasteiger partial charge < -0.3 is 10.1 Å². The molecule has 1 N–H and O–H groups in total. The number of alkyl halides is 2. The van der Waals surface area contributed by atoms with E-state index in [9.17, 15) is 8.78 Å². The molecule has 1 fully saturated rings. The molecule has 0 spiro atoms. The van der Waals surface area contributed by atoms with Crippen molar-refractivity contribution in [3.8, 4) is 5.75 Å². The van der Waals surface area contributed by atoms with Crippen LogP contribution in [-0.2, 0) is 0 Å². The smallest absolute Gasteiger partial charge is 0.240 e. The highest BCUT2D eigenvalue weighted by molar-refractivity contribution is 5.85. The van der Waals surface area contributed by atoms with E-state index in [-0.39, 0.29) is 24.9 Å². The van der Waals surface area contributed by atoms with E-state index >= 15 is 0 Å². The molecule has 21 heavy (non-hydrogen) atoms. The van der Waals surface area contributed by atoms with Crippen molar-refractivity contribution in [2.75, 3.05) is 33.3 Å². The first kappa shape index (κ1) is 18.1. The minimum Gasteiger partial charge on any atom is -0.496 e. The highest BCUT2D eigenvalue weighted by Gasteiger charge is 2.25. The number of rotatable bonds is 5. The number of benzene rings is 1. The minimum atomic E-state index is -2.30. The maximum atomic E-state index is 12.9. The number of hydrogen-bond acceptors (Lipinski definition) is 3. The van der Waals surface area contributed by atoms with E-state index in [0.717, 1.165) is 43.1 Å². The largest absolute Gasteiger partial charge is 0.496 e. The second-order valence-electron chi connectivity index (χ2n) is 5.16. The molecule has 1 aliphatic rings. The van der Waals surface area contributed by atoms with Crippen molar-refractivity contribution in [3.05, 3.63) is 29.3 Å². The number of ether oxygens (including phenoxy) is 1. The zero-order valence-corrected chi connectivity index (χ0v) is 13.3. The Morgan fingerprint density at radius 3 is 2.52 bits per heavy atom. The Labute approximate surface area is 131 Å². The molecule has 0 aromatic heterocycles. The quantitative estimate of drug-likeness (QED) is 0.902. The van der Waals surface area contributed by atoms with Crippen LogP contribution in [0, 0.1) is 6.92 Å². The van der Waals surface area contributed by atoms with Crippen LogP contribution in [-0.4, -0.2) is 44.6 Å². The average Bonchev–Trinajstić information content (AvgIpc) is 2.46. The maximum absolute atomic E-state index is 12.9. The van der Waals surface area contributed by atoms with E-state index in [2.05, 4.69) is 10.2 Å². The molecule has 6 heteroatoms. The average molecular weight is 321 g/mol. The molecule has 0 radical (unpaired) electrons. The first-order valence-corrected chi connectivity index (χ1v) is 6.99. The van der Waals surface area contributed by atoms with Gasteiger partial charge in [0, 0.05) is 38.6 Å². The van der Waals surface area contributed by atoms with E-state index in [1.54, 1.807) is 7.11 Å². The number of nitrogens with one attached hydrogen (secondary N) is 1. The Morgan fingerprint density at radius 2 is 1.95 bits per heavy atom. The van der Waals surface area contributed by atoms with Crippen LogP contribution >= 0.6 is 12.4 Å². The lowest BCUT2D eigenvalue weighted by atomic mass is 9.99. The Bertz CT molecular complexity index is 440. The Kier molecular flexibility index (Phi) is 7.35. The zero-order chi connectivity index (χ0) is 14.5. The van der Waals surface area contributed by atoms with Gasteiger partial charge in [0.05, 0.1) is 7.11 Å². The highest BCUT2D eigenvalue weighted by atomic mass is 35.5. The summed E-state index contributed by atoms with van der Waals surface area (Å²) >= 11 is 0. The van der Waals surface area contributed by atoms with Crippen LogP contribution in [0.25, 0.3) is 0 Å². The van der Waals surface area contributed by atoms with E-state index in [4.69, 9.17) is 4.74 Å². The van der Waals surface area contributed by atoms with Crippen LogP contribution in [0.5, 0.6) is 5.75 Å². The summed E-state index contributed by atoms with van der Waals surface area (Å²) < 4.78 is 31.1. The lowest BCUT2D eigenvalue weighted by Crippen LogP contribution is -2.45. The van der Waals surface area contributed by atoms with Gasteiger partial charge in [-0.15, -0.1) is 12.4 Å². The second-order valence-corrected chi connectivity index (χ2v) is 5.16. The lowest BCUT2D eigenvalue weighted by molar-refractivity contribution is 0.0738. The molecule has 0 saturated carbocycles. The monoisotopic (exact) mass is 320 g/mol. The number of nitrogens with zero attached hydrogens (tertiary/aromatic N) is 1. The molecule has 0 amide bonds. The predicted molar refractivity (Wildman–Crippen MR) is 82.8 cm³/mol. The number of hydrogen-bond donors (Lipinski definition) is 1. The van der Waals surface area contributed by atoms with Crippen LogP contribution in [0.3, 0.4) is 0 Å². The lowest BCUT2D eigenvalue weighted by Gasteiger charge is -2.35. The number of aryl methyl sites for hydroxylation is 1. The van der Waals surface area contributed by atoms with Crippen LogP contribution in [0.15, 0.2) is 18.2 Å². The van der Waals surface area contributed by atoms with Gasteiger partial charge in [0.2, 0.25) is 6.43 Å². The van der Waals surface area contributed by atoms with Crippen LogP contribution in [0.4, 0.5) is 8.78 Å². The van der Waals surface area contributed by atoms with Gasteiger partial charge >= 0.3 is 0 Å². The molecule has 1 heterocycles. The molecule has 1 aromatic carbocycles. The van der Waals surface area contributed by atoms with Crippen LogP contribution < -0.4 is 10.1 Å². The summed E-state index contributed by atoms with van der Waals surface area (Å²) in [5.41, 5.74) is 1.93. The van der Waals surface area contributed by atoms with Gasteiger partial charge in [0.25, 0.3) is 0 Å². The SMILES string of the molecule is COc1cc([C@H](CC(F)F)N2CCNCC2)ccc1C.Cl. The Hall–Kier alpha value is -0.910. The van der Waals surface area contributed by atoms with E-state index in [1.807, 2.05) is 25.1 Å². The van der Waals surface area contributed by atoms with Crippen molar-refractivity contribution >= 4 is 12.4 Å². The molecule has 120 valence electrons. The fraction of sp³-hybridized carbons (Fsp3) is 0.600.